The van der Waals surface area contributed by atoms with Gasteiger partial charge in [-0.15, -0.1) is 0 Å². The van der Waals surface area contributed by atoms with E-state index in [1.165, 1.54) is 27.5 Å². The van der Waals surface area contributed by atoms with Gasteiger partial charge < -0.3 is 5.32 Å². The van der Waals surface area contributed by atoms with Crippen molar-refractivity contribution >= 4 is 10.8 Å². The van der Waals surface area contributed by atoms with E-state index in [-0.39, 0.29) is 0 Å². The average Bonchev–Trinajstić information content (AvgIpc) is 2.53. The highest BCUT2D eigenvalue weighted by Gasteiger charge is 2.13. The van der Waals surface area contributed by atoms with Crippen LogP contribution in [0.3, 0.4) is 0 Å². The molecule has 0 saturated heterocycles. The lowest BCUT2D eigenvalue weighted by atomic mass is 9.93. The number of nitrogens with one attached hydrogen (secondary N) is 1. The van der Waals surface area contributed by atoms with Gasteiger partial charge in [0.05, 0.1) is 0 Å². The molecule has 1 nitrogen and oxygen atoms in total. The third-order valence-corrected chi connectivity index (χ3v) is 4.22. The molecule has 0 spiro atoms. The van der Waals surface area contributed by atoms with Crippen molar-refractivity contribution in [2.24, 2.45) is 0 Å². The minimum atomic E-state index is 0.344. The lowest BCUT2D eigenvalue weighted by Gasteiger charge is -2.20. The molecule has 0 bridgehead atoms. The Bertz CT molecular complexity index is 740. The second-order valence-corrected chi connectivity index (χ2v) is 5.54. The Morgan fingerprint density at radius 3 is 2.38 bits per heavy atom. The van der Waals surface area contributed by atoms with Crippen molar-refractivity contribution < 1.29 is 0 Å². The van der Waals surface area contributed by atoms with E-state index in [9.17, 15) is 0 Å². The van der Waals surface area contributed by atoms with Crippen LogP contribution < -0.4 is 5.32 Å². The van der Waals surface area contributed by atoms with Crippen LogP contribution in [0.25, 0.3) is 10.8 Å². The minimum absolute atomic E-state index is 0.344. The highest BCUT2D eigenvalue weighted by molar-refractivity contribution is 5.85. The van der Waals surface area contributed by atoms with Crippen molar-refractivity contribution in [2.75, 3.05) is 7.05 Å². The van der Waals surface area contributed by atoms with Crippen LogP contribution >= 0.6 is 0 Å². The van der Waals surface area contributed by atoms with E-state index < -0.39 is 0 Å². The normalized spacial score (nSPS) is 12.5. The molecule has 3 rings (SSSR count). The van der Waals surface area contributed by atoms with E-state index in [0.717, 1.165) is 6.42 Å². The summed E-state index contributed by atoms with van der Waals surface area (Å²) in [6.45, 7) is 2.18. The van der Waals surface area contributed by atoms with Gasteiger partial charge in [0.2, 0.25) is 0 Å². The maximum atomic E-state index is 3.47. The van der Waals surface area contributed by atoms with Crippen LogP contribution in [0, 0.1) is 6.92 Å². The fraction of sp³-hybridized carbons (Fsp3) is 0.200. The van der Waals surface area contributed by atoms with Crippen molar-refractivity contribution in [3.05, 3.63) is 83.4 Å². The molecule has 0 aliphatic carbocycles. The number of fused-ring (bicyclic) bond motifs is 1. The molecular weight excluding hydrogens is 254 g/mol. The minimum Gasteiger partial charge on any atom is -0.313 e. The second kappa shape index (κ2) is 6.11. The Labute approximate surface area is 126 Å². The summed E-state index contributed by atoms with van der Waals surface area (Å²) in [6.07, 6.45) is 1.00. The van der Waals surface area contributed by atoms with Gasteiger partial charge in [-0.25, -0.2) is 0 Å². The molecule has 0 radical (unpaired) electrons. The molecule has 0 saturated carbocycles. The first-order valence-electron chi connectivity index (χ1n) is 7.49. The molecule has 1 atom stereocenters. The Kier molecular flexibility index (Phi) is 4.03. The maximum Gasteiger partial charge on any atom is 0.0361 e. The fourth-order valence-corrected chi connectivity index (χ4v) is 3.04. The smallest absolute Gasteiger partial charge is 0.0361 e. The largest absolute Gasteiger partial charge is 0.313 e. The van der Waals surface area contributed by atoms with Crippen LogP contribution in [0.15, 0.2) is 66.7 Å². The van der Waals surface area contributed by atoms with Crippen LogP contribution in [0.4, 0.5) is 0 Å². The van der Waals surface area contributed by atoms with Gasteiger partial charge in [-0.2, -0.15) is 0 Å². The molecule has 1 heteroatoms. The Morgan fingerprint density at radius 2 is 1.57 bits per heavy atom. The quantitative estimate of drug-likeness (QED) is 0.730. The van der Waals surface area contributed by atoms with E-state index in [1.54, 1.807) is 0 Å². The highest BCUT2D eigenvalue weighted by Crippen LogP contribution is 2.26. The van der Waals surface area contributed by atoms with E-state index in [2.05, 4.69) is 79.0 Å². The van der Waals surface area contributed by atoms with Gasteiger partial charge >= 0.3 is 0 Å². The van der Waals surface area contributed by atoms with Crippen molar-refractivity contribution in [3.63, 3.8) is 0 Å². The molecule has 0 amide bonds. The first kappa shape index (κ1) is 13.8. The zero-order valence-corrected chi connectivity index (χ0v) is 12.6. The summed E-state index contributed by atoms with van der Waals surface area (Å²) in [5, 5.41) is 6.14. The van der Waals surface area contributed by atoms with E-state index in [0.29, 0.717) is 6.04 Å². The molecule has 0 aromatic heterocycles. The Hall–Kier alpha value is -2.12. The van der Waals surface area contributed by atoms with Gasteiger partial charge in [-0.3, -0.25) is 0 Å². The number of aryl methyl sites for hydroxylation is 1. The average molecular weight is 275 g/mol. The second-order valence-electron chi connectivity index (χ2n) is 5.54. The molecule has 0 fully saturated rings. The molecule has 21 heavy (non-hydrogen) atoms. The van der Waals surface area contributed by atoms with E-state index in [4.69, 9.17) is 0 Å². The van der Waals surface area contributed by atoms with Gasteiger partial charge in [0, 0.05) is 6.04 Å². The standard InChI is InChI=1S/C20H21N/c1-15-8-3-5-12-18(15)20(21-2)14-17-11-7-10-16-9-4-6-13-19(16)17/h3-13,20-21H,14H2,1-2H3. The summed E-state index contributed by atoms with van der Waals surface area (Å²) in [5.41, 5.74) is 4.13. The van der Waals surface area contributed by atoms with Crippen LogP contribution in [0.5, 0.6) is 0 Å². The van der Waals surface area contributed by atoms with Gasteiger partial charge in [-0.05, 0) is 47.9 Å². The summed E-state index contributed by atoms with van der Waals surface area (Å²) in [6, 6.07) is 24.2. The summed E-state index contributed by atoms with van der Waals surface area (Å²) >= 11 is 0. The predicted octanol–water partition coefficient (Wildman–Crippen LogP) is 4.65. The summed E-state index contributed by atoms with van der Waals surface area (Å²) in [4.78, 5) is 0. The Balaban J connectivity index is 1.98. The van der Waals surface area contributed by atoms with Gasteiger partial charge in [0.25, 0.3) is 0 Å². The fourth-order valence-electron chi connectivity index (χ4n) is 3.04. The molecule has 106 valence electrons. The molecule has 0 aliphatic heterocycles. The summed E-state index contributed by atoms with van der Waals surface area (Å²) in [7, 11) is 2.04. The first-order chi connectivity index (χ1) is 10.3. The van der Waals surface area contributed by atoms with E-state index in [1.807, 2.05) is 7.05 Å². The highest BCUT2D eigenvalue weighted by atomic mass is 14.9. The monoisotopic (exact) mass is 275 g/mol. The third kappa shape index (κ3) is 2.84. The zero-order chi connectivity index (χ0) is 14.7. The number of rotatable bonds is 4. The topological polar surface area (TPSA) is 12.0 Å². The lowest BCUT2D eigenvalue weighted by Crippen LogP contribution is -2.19. The van der Waals surface area contributed by atoms with E-state index >= 15 is 0 Å². The van der Waals surface area contributed by atoms with Gasteiger partial charge in [-0.1, -0.05) is 66.7 Å². The van der Waals surface area contributed by atoms with Crippen molar-refractivity contribution in [1.82, 2.24) is 5.32 Å². The zero-order valence-electron chi connectivity index (χ0n) is 12.6. The molecule has 0 aliphatic rings. The molecule has 3 aromatic carbocycles. The maximum absolute atomic E-state index is 3.47. The molecule has 1 unspecified atom stereocenters. The summed E-state index contributed by atoms with van der Waals surface area (Å²) < 4.78 is 0. The van der Waals surface area contributed by atoms with Crippen molar-refractivity contribution in [2.45, 2.75) is 19.4 Å². The van der Waals surface area contributed by atoms with Crippen molar-refractivity contribution in [3.8, 4) is 0 Å². The molecular formula is C20H21N. The number of hydrogen-bond donors (Lipinski definition) is 1. The number of hydrogen-bond acceptors (Lipinski definition) is 1. The van der Waals surface area contributed by atoms with Gasteiger partial charge in [0.1, 0.15) is 0 Å². The van der Waals surface area contributed by atoms with Gasteiger partial charge in [0.15, 0.2) is 0 Å². The number of likely N-dealkylation sites (N-methyl/N-ethyl adjacent to an activating group) is 1. The molecule has 3 aromatic rings. The Morgan fingerprint density at radius 1 is 0.857 bits per heavy atom. The molecule has 1 N–H and O–H groups in total. The third-order valence-electron chi connectivity index (χ3n) is 4.22. The van der Waals surface area contributed by atoms with Crippen LogP contribution in [-0.4, -0.2) is 7.05 Å². The lowest BCUT2D eigenvalue weighted by molar-refractivity contribution is 0.591. The predicted molar refractivity (Wildman–Crippen MR) is 90.6 cm³/mol. The number of benzene rings is 3. The molecule has 0 heterocycles. The van der Waals surface area contributed by atoms with Crippen LogP contribution in [-0.2, 0) is 6.42 Å². The summed E-state index contributed by atoms with van der Waals surface area (Å²) in [5.74, 6) is 0. The van der Waals surface area contributed by atoms with Crippen LogP contribution in [0.2, 0.25) is 0 Å². The first-order valence-corrected chi connectivity index (χ1v) is 7.49. The van der Waals surface area contributed by atoms with Crippen molar-refractivity contribution in [1.29, 1.82) is 0 Å². The van der Waals surface area contributed by atoms with Crippen LogP contribution in [0.1, 0.15) is 22.7 Å². The SMILES string of the molecule is CNC(Cc1cccc2ccccc12)c1ccccc1C.